The third-order valence-electron chi connectivity index (χ3n) is 3.84. The van der Waals surface area contributed by atoms with Crippen LogP contribution in [0.1, 0.15) is 28.9 Å². The molecular weight excluding hydrogens is 384 g/mol. The molecule has 0 aliphatic heterocycles. The Hall–Kier alpha value is -3.06. The van der Waals surface area contributed by atoms with Crippen molar-refractivity contribution in [2.75, 3.05) is 20.3 Å². The molecule has 0 spiro atoms. The molecule has 0 bridgehead atoms. The topological polar surface area (TPSA) is 93.7 Å². The van der Waals surface area contributed by atoms with Gasteiger partial charge in [-0.2, -0.15) is 0 Å². The van der Waals surface area contributed by atoms with Gasteiger partial charge >= 0.3 is 5.97 Å². The summed E-state index contributed by atoms with van der Waals surface area (Å²) in [7, 11) is 1.52. The van der Waals surface area contributed by atoms with E-state index >= 15 is 0 Å². The Morgan fingerprint density at radius 2 is 1.82 bits per heavy atom. The Labute approximate surface area is 168 Å². The summed E-state index contributed by atoms with van der Waals surface area (Å²) in [6, 6.07) is 13.2. The van der Waals surface area contributed by atoms with Crippen molar-refractivity contribution in [1.29, 1.82) is 0 Å². The fourth-order valence-electron chi connectivity index (χ4n) is 2.34. The number of carbonyl (C=O) groups is 3. The summed E-state index contributed by atoms with van der Waals surface area (Å²) in [5, 5.41) is 5.71. The maximum absolute atomic E-state index is 12.0. The van der Waals surface area contributed by atoms with E-state index in [4.69, 9.17) is 21.1 Å². The van der Waals surface area contributed by atoms with Crippen molar-refractivity contribution in [1.82, 2.24) is 10.6 Å². The molecule has 2 N–H and O–H groups in total. The van der Waals surface area contributed by atoms with Gasteiger partial charge in [0.05, 0.1) is 13.2 Å². The molecule has 148 valence electrons. The van der Waals surface area contributed by atoms with Gasteiger partial charge in [0.25, 0.3) is 11.8 Å². The van der Waals surface area contributed by atoms with Crippen LogP contribution >= 0.6 is 11.6 Å². The van der Waals surface area contributed by atoms with Crippen molar-refractivity contribution < 1.29 is 23.9 Å². The van der Waals surface area contributed by atoms with Gasteiger partial charge in [0.15, 0.2) is 6.61 Å². The highest BCUT2D eigenvalue weighted by Gasteiger charge is 2.13. The lowest BCUT2D eigenvalue weighted by Crippen LogP contribution is -2.34. The first-order valence-corrected chi connectivity index (χ1v) is 8.89. The number of ether oxygens (including phenoxy) is 2. The summed E-state index contributed by atoms with van der Waals surface area (Å²) in [6.07, 6.45) is 0. The minimum Gasteiger partial charge on any atom is -0.497 e. The van der Waals surface area contributed by atoms with Crippen LogP contribution in [0.25, 0.3) is 0 Å². The molecule has 2 amide bonds. The Kier molecular flexibility index (Phi) is 7.83. The van der Waals surface area contributed by atoms with Gasteiger partial charge in [-0.15, -0.1) is 0 Å². The minimum absolute atomic E-state index is 0.292. The van der Waals surface area contributed by atoms with E-state index in [0.29, 0.717) is 16.3 Å². The van der Waals surface area contributed by atoms with Crippen LogP contribution in [0, 0.1) is 0 Å². The second kappa shape index (κ2) is 10.3. The second-order valence-corrected chi connectivity index (χ2v) is 6.35. The third-order valence-corrected chi connectivity index (χ3v) is 4.07. The number of methoxy groups -OCH3 is 1. The first kappa shape index (κ1) is 21.2. The molecule has 0 fully saturated rings. The van der Waals surface area contributed by atoms with Gasteiger partial charge in [0, 0.05) is 10.6 Å². The maximum atomic E-state index is 12.0. The summed E-state index contributed by atoms with van der Waals surface area (Å²) in [4.78, 5) is 35.6. The minimum atomic E-state index is -0.715. The Morgan fingerprint density at radius 3 is 2.46 bits per heavy atom. The Balaban J connectivity index is 1.72. The number of nitrogens with one attached hydrogen (secondary N) is 2. The van der Waals surface area contributed by atoms with E-state index in [-0.39, 0.29) is 12.6 Å². The summed E-state index contributed by atoms with van der Waals surface area (Å²) in [5.41, 5.74) is 1.21. The van der Waals surface area contributed by atoms with Crippen LogP contribution in [-0.2, 0) is 14.3 Å². The van der Waals surface area contributed by atoms with Crippen LogP contribution in [0.4, 0.5) is 0 Å². The first-order valence-electron chi connectivity index (χ1n) is 8.51. The number of hydrogen-bond acceptors (Lipinski definition) is 5. The van der Waals surface area contributed by atoms with Gasteiger partial charge in [-0.05, 0) is 48.9 Å². The average molecular weight is 405 g/mol. The van der Waals surface area contributed by atoms with E-state index in [9.17, 15) is 14.4 Å². The molecule has 0 aromatic heterocycles. The predicted molar refractivity (Wildman–Crippen MR) is 104 cm³/mol. The molecule has 2 rings (SSSR count). The number of carbonyl (C=O) groups excluding carboxylic acids is 3. The molecule has 28 heavy (non-hydrogen) atoms. The van der Waals surface area contributed by atoms with E-state index in [1.807, 2.05) is 6.07 Å². The van der Waals surface area contributed by atoms with Gasteiger partial charge in [-0.25, -0.2) is 0 Å². The molecule has 0 saturated carbocycles. The van der Waals surface area contributed by atoms with Gasteiger partial charge < -0.3 is 20.1 Å². The number of benzene rings is 2. The maximum Gasteiger partial charge on any atom is 0.325 e. The zero-order chi connectivity index (χ0) is 20.5. The molecule has 7 nitrogen and oxygen atoms in total. The molecular formula is C20H21ClN2O5. The molecule has 0 radical (unpaired) electrons. The van der Waals surface area contributed by atoms with Crippen molar-refractivity contribution >= 4 is 29.4 Å². The van der Waals surface area contributed by atoms with Gasteiger partial charge in [-0.3, -0.25) is 14.4 Å². The van der Waals surface area contributed by atoms with Crippen molar-refractivity contribution in [2.45, 2.75) is 13.0 Å². The van der Waals surface area contributed by atoms with Crippen molar-refractivity contribution in [2.24, 2.45) is 0 Å². The lowest BCUT2D eigenvalue weighted by Gasteiger charge is -2.14. The zero-order valence-electron chi connectivity index (χ0n) is 15.5. The lowest BCUT2D eigenvalue weighted by atomic mass is 10.1. The largest absolute Gasteiger partial charge is 0.497 e. The summed E-state index contributed by atoms with van der Waals surface area (Å²) >= 11 is 5.93. The van der Waals surface area contributed by atoms with E-state index in [1.165, 1.54) is 7.11 Å². The number of hydrogen-bond donors (Lipinski definition) is 2. The van der Waals surface area contributed by atoms with Crippen LogP contribution in [0.5, 0.6) is 5.75 Å². The summed E-state index contributed by atoms with van der Waals surface area (Å²) in [6.45, 7) is 1.00. The number of halogens is 1. The quantitative estimate of drug-likeness (QED) is 0.659. The second-order valence-electron chi connectivity index (χ2n) is 5.92. The summed E-state index contributed by atoms with van der Waals surface area (Å²) in [5.74, 6) is -0.984. The SMILES string of the molecule is COc1ccc(C(=O)NCC(=O)OCC(=O)N[C@H](C)c2cccc(Cl)c2)cc1. The normalized spacial score (nSPS) is 11.2. The van der Waals surface area contributed by atoms with Crippen LogP contribution in [0.15, 0.2) is 48.5 Å². The number of esters is 1. The Morgan fingerprint density at radius 1 is 1.11 bits per heavy atom. The van der Waals surface area contributed by atoms with Crippen LogP contribution < -0.4 is 15.4 Å². The van der Waals surface area contributed by atoms with Gasteiger partial charge in [-0.1, -0.05) is 23.7 Å². The highest BCUT2D eigenvalue weighted by atomic mass is 35.5. The van der Waals surface area contributed by atoms with Crippen molar-refractivity contribution in [3.8, 4) is 5.75 Å². The van der Waals surface area contributed by atoms with Crippen molar-refractivity contribution in [3.63, 3.8) is 0 Å². The number of rotatable bonds is 8. The predicted octanol–water partition coefficient (Wildman–Crippen LogP) is 2.50. The molecule has 0 aliphatic rings. The molecule has 1 atom stereocenters. The standard InChI is InChI=1S/C20H21ClN2O5/c1-13(15-4-3-5-16(21)10-15)23-18(24)12-28-19(25)11-22-20(26)14-6-8-17(27-2)9-7-14/h3-10,13H,11-12H2,1-2H3,(H,22,26)(H,23,24)/t13-/m1/s1. The third kappa shape index (κ3) is 6.59. The molecule has 0 aliphatic carbocycles. The molecule has 8 heteroatoms. The lowest BCUT2D eigenvalue weighted by molar-refractivity contribution is -0.147. The number of amides is 2. The van der Waals surface area contributed by atoms with Crippen LogP contribution in [-0.4, -0.2) is 38.0 Å². The molecule has 2 aromatic rings. The molecule has 0 saturated heterocycles. The van der Waals surface area contributed by atoms with E-state index < -0.39 is 24.4 Å². The zero-order valence-corrected chi connectivity index (χ0v) is 16.3. The first-order chi connectivity index (χ1) is 13.4. The highest BCUT2D eigenvalue weighted by molar-refractivity contribution is 6.30. The molecule has 0 heterocycles. The van der Waals surface area contributed by atoms with E-state index in [0.717, 1.165) is 5.56 Å². The van der Waals surface area contributed by atoms with Crippen LogP contribution in [0.2, 0.25) is 5.02 Å². The van der Waals surface area contributed by atoms with E-state index in [2.05, 4.69) is 10.6 Å². The fraction of sp³-hybridized carbons (Fsp3) is 0.250. The van der Waals surface area contributed by atoms with Crippen molar-refractivity contribution in [3.05, 3.63) is 64.7 Å². The average Bonchev–Trinajstić information content (AvgIpc) is 2.70. The monoisotopic (exact) mass is 404 g/mol. The summed E-state index contributed by atoms with van der Waals surface area (Å²) < 4.78 is 9.89. The van der Waals surface area contributed by atoms with E-state index in [1.54, 1.807) is 49.4 Å². The molecule has 0 unspecified atom stereocenters. The Bertz CT molecular complexity index is 839. The highest BCUT2D eigenvalue weighted by Crippen LogP contribution is 2.17. The van der Waals surface area contributed by atoms with Gasteiger partial charge in [0.2, 0.25) is 0 Å². The van der Waals surface area contributed by atoms with Crippen LogP contribution in [0.3, 0.4) is 0 Å². The van der Waals surface area contributed by atoms with Gasteiger partial charge in [0.1, 0.15) is 12.3 Å². The molecule has 2 aromatic carbocycles. The fourth-order valence-corrected chi connectivity index (χ4v) is 2.54. The smallest absolute Gasteiger partial charge is 0.325 e.